The van der Waals surface area contributed by atoms with Crippen LogP contribution in [0, 0.1) is 5.41 Å². The van der Waals surface area contributed by atoms with Gasteiger partial charge in [-0.25, -0.2) is 0 Å². The van der Waals surface area contributed by atoms with Gasteiger partial charge in [0, 0.05) is 6.42 Å². The van der Waals surface area contributed by atoms with Crippen molar-refractivity contribution in [3.05, 3.63) is 0 Å². The average molecular weight is 197 g/mol. The minimum Gasteiger partial charge on any atom is -0.299 e. The van der Waals surface area contributed by atoms with Gasteiger partial charge in [0.05, 0.1) is 5.41 Å². The average Bonchev–Trinajstić information content (AvgIpc) is 2.18. The second-order valence-corrected chi connectivity index (χ2v) is 4.06. The van der Waals surface area contributed by atoms with E-state index in [0.717, 1.165) is 25.7 Å². The Bertz CT molecular complexity index is 187. The lowest BCUT2D eigenvalue weighted by Crippen LogP contribution is -2.29. The monoisotopic (exact) mass is 197 g/mol. The van der Waals surface area contributed by atoms with Crippen molar-refractivity contribution < 1.29 is 9.59 Å². The van der Waals surface area contributed by atoms with Gasteiger partial charge in [-0.05, 0) is 19.8 Å². The fourth-order valence-electron chi connectivity index (χ4n) is 1.56. The molecule has 2 nitrogen and oxygen atoms in total. The number of unbranched alkanes of at least 4 members (excludes halogenated alkanes) is 2. The van der Waals surface area contributed by atoms with Gasteiger partial charge in [0.1, 0.15) is 5.78 Å². The maximum absolute atomic E-state index is 11.7. The summed E-state index contributed by atoms with van der Waals surface area (Å²) in [4.78, 5) is 22.4. The summed E-state index contributed by atoms with van der Waals surface area (Å²) >= 11 is 0. The summed E-state index contributed by atoms with van der Waals surface area (Å²) in [7, 11) is 0. The summed E-state index contributed by atoms with van der Waals surface area (Å²) < 4.78 is 0. The molecule has 1 unspecified atom stereocenters. The predicted molar refractivity (Wildman–Crippen MR) is 57.9 cm³/mol. The number of carbonyl (C=O) groups is 1. The van der Waals surface area contributed by atoms with E-state index < -0.39 is 5.41 Å². The van der Waals surface area contributed by atoms with Crippen molar-refractivity contribution in [1.82, 2.24) is 0 Å². The summed E-state index contributed by atoms with van der Waals surface area (Å²) in [5, 5.41) is 0. The first-order valence-electron chi connectivity index (χ1n) is 5.53. The Balaban J connectivity index is 4.09. The minimum atomic E-state index is -0.845. The fraction of sp³-hybridized carbons (Fsp3) is 0.833. The standard InChI is InChI=1S/C12H21O2/c1-4-6-7-8-11(14)12(3,10-13)9-5-2/h4-9H2,1-3H3. The molecule has 0 amide bonds. The summed E-state index contributed by atoms with van der Waals surface area (Å²) in [6.45, 7) is 5.79. The van der Waals surface area contributed by atoms with Crippen molar-refractivity contribution in [2.45, 2.75) is 59.3 Å². The molecule has 14 heavy (non-hydrogen) atoms. The van der Waals surface area contributed by atoms with Crippen LogP contribution < -0.4 is 0 Å². The SMILES string of the molecule is CCCCCC(=O)C(C)([C]=O)CCC. The maximum Gasteiger partial charge on any atom is 0.212 e. The highest BCUT2D eigenvalue weighted by Gasteiger charge is 2.31. The van der Waals surface area contributed by atoms with Crippen LogP contribution in [0.2, 0.25) is 0 Å². The van der Waals surface area contributed by atoms with Gasteiger partial charge in [-0.2, -0.15) is 0 Å². The Morgan fingerprint density at radius 1 is 1.21 bits per heavy atom. The van der Waals surface area contributed by atoms with E-state index in [2.05, 4.69) is 6.92 Å². The van der Waals surface area contributed by atoms with E-state index in [1.807, 2.05) is 13.2 Å². The Morgan fingerprint density at radius 3 is 2.29 bits per heavy atom. The van der Waals surface area contributed by atoms with Crippen LogP contribution in [-0.4, -0.2) is 12.1 Å². The maximum atomic E-state index is 11.7. The molecular formula is C12H21O2. The number of hydrogen-bond acceptors (Lipinski definition) is 2. The van der Waals surface area contributed by atoms with E-state index in [1.165, 1.54) is 0 Å². The zero-order valence-electron chi connectivity index (χ0n) is 9.56. The molecule has 0 aliphatic carbocycles. The van der Waals surface area contributed by atoms with Crippen molar-refractivity contribution in [3.8, 4) is 0 Å². The third-order valence-electron chi connectivity index (χ3n) is 2.60. The molecule has 0 heterocycles. The largest absolute Gasteiger partial charge is 0.299 e. The number of hydrogen-bond donors (Lipinski definition) is 0. The first-order valence-corrected chi connectivity index (χ1v) is 5.53. The third kappa shape index (κ3) is 4.03. The highest BCUT2D eigenvalue weighted by Crippen LogP contribution is 2.24. The quantitative estimate of drug-likeness (QED) is 0.442. The van der Waals surface area contributed by atoms with E-state index >= 15 is 0 Å². The van der Waals surface area contributed by atoms with Crippen LogP contribution in [-0.2, 0) is 9.59 Å². The van der Waals surface area contributed by atoms with Gasteiger partial charge in [-0.3, -0.25) is 9.59 Å². The number of Topliss-reactive ketones (excluding diaryl/α,β-unsaturated/α-hetero) is 1. The van der Waals surface area contributed by atoms with Gasteiger partial charge >= 0.3 is 0 Å². The minimum absolute atomic E-state index is 0.0581. The molecule has 0 aliphatic rings. The van der Waals surface area contributed by atoms with Gasteiger partial charge < -0.3 is 0 Å². The summed E-state index contributed by atoms with van der Waals surface area (Å²) in [6, 6.07) is 0. The second kappa shape index (κ2) is 6.74. The van der Waals surface area contributed by atoms with E-state index in [-0.39, 0.29) is 5.78 Å². The number of ketones is 1. The molecule has 0 saturated heterocycles. The van der Waals surface area contributed by atoms with E-state index in [4.69, 9.17) is 0 Å². The van der Waals surface area contributed by atoms with Gasteiger partial charge in [-0.15, -0.1) is 0 Å². The lowest BCUT2D eigenvalue weighted by molar-refractivity contribution is -0.125. The normalized spacial score (nSPS) is 14.8. The van der Waals surface area contributed by atoms with Gasteiger partial charge in [0.15, 0.2) is 0 Å². The molecule has 81 valence electrons. The number of carbonyl (C=O) groups excluding carboxylic acids is 2. The zero-order chi connectivity index (χ0) is 11.0. The highest BCUT2D eigenvalue weighted by molar-refractivity contribution is 5.97. The summed E-state index contributed by atoms with van der Waals surface area (Å²) in [5.74, 6) is 0.0581. The molecule has 0 bridgehead atoms. The first kappa shape index (κ1) is 13.3. The van der Waals surface area contributed by atoms with Crippen molar-refractivity contribution in [2.24, 2.45) is 5.41 Å². The van der Waals surface area contributed by atoms with Gasteiger partial charge in [-0.1, -0.05) is 33.1 Å². The lowest BCUT2D eigenvalue weighted by Gasteiger charge is -2.19. The Labute approximate surface area is 87.1 Å². The van der Waals surface area contributed by atoms with E-state index in [9.17, 15) is 9.59 Å². The Hall–Kier alpha value is -0.660. The van der Waals surface area contributed by atoms with E-state index in [0.29, 0.717) is 12.8 Å². The highest BCUT2D eigenvalue weighted by atomic mass is 16.1. The zero-order valence-corrected chi connectivity index (χ0v) is 9.56. The summed E-state index contributed by atoms with van der Waals surface area (Å²) in [6.07, 6.45) is 6.97. The smallest absolute Gasteiger partial charge is 0.212 e. The van der Waals surface area contributed by atoms with Crippen LogP contribution in [0.5, 0.6) is 0 Å². The summed E-state index contributed by atoms with van der Waals surface area (Å²) in [5.41, 5.74) is -0.845. The van der Waals surface area contributed by atoms with Crippen LogP contribution in [0.3, 0.4) is 0 Å². The Kier molecular flexibility index (Phi) is 6.43. The predicted octanol–water partition coefficient (Wildman–Crippen LogP) is 3.05. The van der Waals surface area contributed by atoms with Gasteiger partial charge in [0.25, 0.3) is 0 Å². The molecule has 1 radical (unpaired) electrons. The molecule has 0 fully saturated rings. The molecular weight excluding hydrogens is 176 g/mol. The topological polar surface area (TPSA) is 34.1 Å². The molecule has 0 aromatic rings. The molecule has 2 heteroatoms. The molecule has 1 atom stereocenters. The fourth-order valence-corrected chi connectivity index (χ4v) is 1.56. The van der Waals surface area contributed by atoms with Crippen LogP contribution in [0.1, 0.15) is 59.3 Å². The Morgan fingerprint density at radius 2 is 1.86 bits per heavy atom. The van der Waals surface area contributed by atoms with Crippen LogP contribution in [0.25, 0.3) is 0 Å². The molecule has 0 aromatic heterocycles. The van der Waals surface area contributed by atoms with Crippen molar-refractivity contribution >= 4 is 12.1 Å². The lowest BCUT2D eigenvalue weighted by atomic mass is 9.81. The molecule has 0 N–H and O–H groups in total. The molecule has 0 saturated carbocycles. The molecule has 0 rings (SSSR count). The van der Waals surface area contributed by atoms with E-state index in [1.54, 1.807) is 6.92 Å². The second-order valence-electron chi connectivity index (χ2n) is 4.06. The van der Waals surface area contributed by atoms with Gasteiger partial charge in [0.2, 0.25) is 6.29 Å². The third-order valence-corrected chi connectivity index (χ3v) is 2.60. The van der Waals surface area contributed by atoms with Crippen LogP contribution >= 0.6 is 0 Å². The van der Waals surface area contributed by atoms with Crippen LogP contribution in [0.4, 0.5) is 0 Å². The van der Waals surface area contributed by atoms with Crippen molar-refractivity contribution in [3.63, 3.8) is 0 Å². The van der Waals surface area contributed by atoms with Crippen molar-refractivity contribution in [2.75, 3.05) is 0 Å². The molecule has 0 aliphatic heterocycles. The first-order chi connectivity index (χ1) is 6.60. The van der Waals surface area contributed by atoms with Crippen molar-refractivity contribution in [1.29, 1.82) is 0 Å². The molecule has 0 aromatic carbocycles. The van der Waals surface area contributed by atoms with Crippen LogP contribution in [0.15, 0.2) is 0 Å². The molecule has 0 spiro atoms. The number of rotatable bonds is 8.